The van der Waals surface area contributed by atoms with Gasteiger partial charge in [0.05, 0.1) is 13.2 Å². The van der Waals surface area contributed by atoms with Gasteiger partial charge in [0.15, 0.2) is 0 Å². The maximum Gasteiger partial charge on any atom is 0.234 e. The van der Waals surface area contributed by atoms with E-state index in [1.54, 1.807) is 0 Å². The molecule has 1 fully saturated rings. The van der Waals surface area contributed by atoms with E-state index in [0.29, 0.717) is 6.54 Å². The van der Waals surface area contributed by atoms with Crippen molar-refractivity contribution in [3.8, 4) is 0 Å². The molecular weight excluding hydrogens is 180 g/mol. The normalized spacial score (nSPS) is 23.0. The molecule has 1 atom stereocenters. The molecule has 1 aliphatic heterocycles. The van der Waals surface area contributed by atoms with Crippen molar-refractivity contribution in [2.75, 3.05) is 19.7 Å². The molecule has 82 valence electrons. The van der Waals surface area contributed by atoms with Crippen LogP contribution in [0.25, 0.3) is 0 Å². The highest BCUT2D eigenvalue weighted by atomic mass is 16.3. The molecule has 1 heterocycles. The molecule has 4 heteroatoms. The largest absolute Gasteiger partial charge is 0.395 e. The molecule has 2 N–H and O–H groups in total. The number of hydrogen-bond acceptors (Lipinski definition) is 3. The number of aliphatic hydroxyl groups excluding tert-OH is 1. The van der Waals surface area contributed by atoms with Crippen LogP contribution in [-0.4, -0.2) is 47.7 Å². The van der Waals surface area contributed by atoms with Crippen LogP contribution in [0.3, 0.4) is 0 Å². The lowest BCUT2D eigenvalue weighted by Gasteiger charge is -2.22. The Balaban J connectivity index is 2.32. The smallest absolute Gasteiger partial charge is 0.234 e. The van der Waals surface area contributed by atoms with E-state index in [0.717, 1.165) is 19.4 Å². The lowest BCUT2D eigenvalue weighted by atomic mass is 10.2. The second-order valence-electron chi connectivity index (χ2n) is 4.17. The summed E-state index contributed by atoms with van der Waals surface area (Å²) in [5, 5.41) is 11.9. The van der Waals surface area contributed by atoms with Crippen LogP contribution < -0.4 is 5.32 Å². The summed E-state index contributed by atoms with van der Waals surface area (Å²) in [5.41, 5.74) is 0. The fourth-order valence-electron chi connectivity index (χ4n) is 1.86. The van der Waals surface area contributed by atoms with E-state index in [1.807, 2.05) is 13.8 Å². The first-order valence-corrected chi connectivity index (χ1v) is 5.27. The zero-order chi connectivity index (χ0) is 10.6. The third-order valence-electron chi connectivity index (χ3n) is 2.51. The van der Waals surface area contributed by atoms with Crippen molar-refractivity contribution in [3.05, 3.63) is 0 Å². The minimum atomic E-state index is 0.0559. The predicted molar refractivity (Wildman–Crippen MR) is 55.0 cm³/mol. The highest BCUT2D eigenvalue weighted by molar-refractivity contribution is 5.78. The molecule has 1 unspecified atom stereocenters. The predicted octanol–water partition coefficient (Wildman–Crippen LogP) is -0.0323. The summed E-state index contributed by atoms with van der Waals surface area (Å²) >= 11 is 0. The molecule has 1 amide bonds. The molecule has 0 aliphatic carbocycles. The Kier molecular flexibility index (Phi) is 4.35. The van der Waals surface area contributed by atoms with Crippen molar-refractivity contribution < 1.29 is 9.90 Å². The molecule has 0 saturated carbocycles. The number of likely N-dealkylation sites (tertiary alicyclic amines) is 1. The number of rotatable bonds is 4. The highest BCUT2D eigenvalue weighted by Gasteiger charge is 2.25. The van der Waals surface area contributed by atoms with Crippen molar-refractivity contribution in [2.24, 2.45) is 0 Å². The molecule has 0 bridgehead atoms. The number of nitrogens with one attached hydrogen (secondary N) is 1. The van der Waals surface area contributed by atoms with Gasteiger partial charge in [0, 0.05) is 12.1 Å². The average molecular weight is 200 g/mol. The van der Waals surface area contributed by atoms with E-state index < -0.39 is 0 Å². The highest BCUT2D eigenvalue weighted by Crippen LogP contribution is 2.15. The summed E-state index contributed by atoms with van der Waals surface area (Å²) in [4.78, 5) is 13.5. The van der Waals surface area contributed by atoms with Crippen molar-refractivity contribution >= 4 is 5.91 Å². The van der Waals surface area contributed by atoms with E-state index in [2.05, 4.69) is 10.2 Å². The monoisotopic (exact) mass is 200 g/mol. The standard InChI is InChI=1S/C10H20N2O2/c1-8(2)11-10(14)6-12-5-3-4-9(12)7-13/h8-9,13H,3-7H2,1-2H3,(H,11,14). The van der Waals surface area contributed by atoms with Crippen molar-refractivity contribution in [1.29, 1.82) is 0 Å². The first-order chi connectivity index (χ1) is 6.63. The first kappa shape index (κ1) is 11.5. The van der Waals surface area contributed by atoms with Gasteiger partial charge in [0.25, 0.3) is 0 Å². The van der Waals surface area contributed by atoms with E-state index in [1.165, 1.54) is 0 Å². The number of carbonyl (C=O) groups excluding carboxylic acids is 1. The van der Waals surface area contributed by atoms with Crippen LogP contribution in [0.1, 0.15) is 26.7 Å². The summed E-state index contributed by atoms with van der Waals surface area (Å²) in [6.07, 6.45) is 2.09. The zero-order valence-electron chi connectivity index (χ0n) is 8.99. The number of amides is 1. The molecule has 0 aromatic carbocycles. The molecule has 4 nitrogen and oxygen atoms in total. The van der Waals surface area contributed by atoms with Crippen LogP contribution in [0, 0.1) is 0 Å². The van der Waals surface area contributed by atoms with E-state index in [9.17, 15) is 4.79 Å². The Morgan fingerprint density at radius 2 is 2.36 bits per heavy atom. The molecule has 0 radical (unpaired) electrons. The summed E-state index contributed by atoms with van der Waals surface area (Å²) < 4.78 is 0. The Bertz CT molecular complexity index is 195. The zero-order valence-corrected chi connectivity index (χ0v) is 8.99. The number of hydrogen-bond donors (Lipinski definition) is 2. The van der Waals surface area contributed by atoms with Gasteiger partial charge in [0.2, 0.25) is 5.91 Å². The van der Waals surface area contributed by atoms with Crippen molar-refractivity contribution in [3.63, 3.8) is 0 Å². The van der Waals surface area contributed by atoms with Gasteiger partial charge >= 0.3 is 0 Å². The number of carbonyl (C=O) groups is 1. The fourth-order valence-corrected chi connectivity index (χ4v) is 1.86. The lowest BCUT2D eigenvalue weighted by molar-refractivity contribution is -0.123. The van der Waals surface area contributed by atoms with Crippen LogP contribution in [0.4, 0.5) is 0 Å². The summed E-state index contributed by atoms with van der Waals surface area (Å²) in [5.74, 6) is 0.0559. The van der Waals surface area contributed by atoms with Crippen LogP contribution in [0.5, 0.6) is 0 Å². The topological polar surface area (TPSA) is 52.6 Å². The van der Waals surface area contributed by atoms with Gasteiger partial charge < -0.3 is 10.4 Å². The second kappa shape index (κ2) is 5.32. The molecule has 0 aromatic heterocycles. The minimum Gasteiger partial charge on any atom is -0.395 e. The van der Waals surface area contributed by atoms with Gasteiger partial charge in [0.1, 0.15) is 0 Å². The first-order valence-electron chi connectivity index (χ1n) is 5.27. The minimum absolute atomic E-state index is 0.0559. The number of nitrogens with zero attached hydrogens (tertiary/aromatic N) is 1. The third-order valence-corrected chi connectivity index (χ3v) is 2.51. The lowest BCUT2D eigenvalue weighted by Crippen LogP contribution is -2.43. The summed E-state index contributed by atoms with van der Waals surface area (Å²) in [6.45, 7) is 5.41. The Labute approximate surface area is 85.3 Å². The van der Waals surface area contributed by atoms with Crippen LogP contribution in [-0.2, 0) is 4.79 Å². The van der Waals surface area contributed by atoms with E-state index in [-0.39, 0.29) is 24.6 Å². The van der Waals surface area contributed by atoms with Crippen LogP contribution in [0.2, 0.25) is 0 Å². The maximum absolute atomic E-state index is 11.4. The number of aliphatic hydroxyl groups is 1. The van der Waals surface area contributed by atoms with Gasteiger partial charge in [-0.05, 0) is 33.2 Å². The van der Waals surface area contributed by atoms with Gasteiger partial charge in [-0.2, -0.15) is 0 Å². The maximum atomic E-state index is 11.4. The van der Waals surface area contributed by atoms with Crippen LogP contribution in [0.15, 0.2) is 0 Å². The molecule has 1 rings (SSSR count). The molecule has 0 aromatic rings. The van der Waals surface area contributed by atoms with Gasteiger partial charge in [-0.25, -0.2) is 0 Å². The Morgan fingerprint density at radius 1 is 1.64 bits per heavy atom. The van der Waals surface area contributed by atoms with Crippen molar-refractivity contribution in [1.82, 2.24) is 10.2 Å². The van der Waals surface area contributed by atoms with Crippen LogP contribution >= 0.6 is 0 Å². The van der Waals surface area contributed by atoms with E-state index >= 15 is 0 Å². The SMILES string of the molecule is CC(C)NC(=O)CN1CCCC1CO. The quantitative estimate of drug-likeness (QED) is 0.670. The van der Waals surface area contributed by atoms with Gasteiger partial charge in [-0.15, -0.1) is 0 Å². The molecule has 14 heavy (non-hydrogen) atoms. The fraction of sp³-hybridized carbons (Fsp3) is 0.900. The summed E-state index contributed by atoms with van der Waals surface area (Å²) in [6, 6.07) is 0.380. The summed E-state index contributed by atoms with van der Waals surface area (Å²) in [7, 11) is 0. The average Bonchev–Trinajstić information content (AvgIpc) is 2.50. The Morgan fingerprint density at radius 3 is 2.93 bits per heavy atom. The third kappa shape index (κ3) is 3.27. The molecule has 0 spiro atoms. The molecular formula is C10H20N2O2. The molecule has 1 aliphatic rings. The van der Waals surface area contributed by atoms with Crippen molar-refractivity contribution in [2.45, 2.75) is 38.8 Å². The second-order valence-corrected chi connectivity index (χ2v) is 4.17. The van der Waals surface area contributed by atoms with Gasteiger partial charge in [-0.3, -0.25) is 9.69 Å². The van der Waals surface area contributed by atoms with Gasteiger partial charge in [-0.1, -0.05) is 0 Å². The molecule has 1 saturated heterocycles. The Hall–Kier alpha value is -0.610. The van der Waals surface area contributed by atoms with E-state index in [4.69, 9.17) is 5.11 Å².